The number of hydrogen-bond acceptors (Lipinski definition) is 3. The van der Waals surface area contributed by atoms with Crippen molar-refractivity contribution in [3.63, 3.8) is 0 Å². The number of aromatic nitrogens is 1. The van der Waals surface area contributed by atoms with E-state index in [-0.39, 0.29) is 19.1 Å². The van der Waals surface area contributed by atoms with Crippen LogP contribution in [0.2, 0.25) is 10.2 Å². The molecule has 0 bridgehead atoms. The number of rotatable bonds is 5. The van der Waals surface area contributed by atoms with Gasteiger partial charge in [-0.05, 0) is 6.07 Å². The lowest BCUT2D eigenvalue weighted by Gasteiger charge is -2.11. The van der Waals surface area contributed by atoms with E-state index in [2.05, 4.69) is 5.32 Å². The van der Waals surface area contributed by atoms with Gasteiger partial charge in [0.1, 0.15) is 10.8 Å². The summed E-state index contributed by atoms with van der Waals surface area (Å²) in [6, 6.07) is 1.47. The number of nitrogens with one attached hydrogen (secondary N) is 1. The number of aliphatic hydroxyl groups excluding tert-OH is 1. The highest BCUT2D eigenvalue weighted by molar-refractivity contribution is 6.41. The van der Waals surface area contributed by atoms with Crippen LogP contribution in [-0.4, -0.2) is 41.9 Å². The van der Waals surface area contributed by atoms with Gasteiger partial charge in [0.2, 0.25) is 0 Å². The average Bonchev–Trinajstić information content (AvgIpc) is 2.54. The quantitative estimate of drug-likeness (QED) is 0.848. The molecular weight excluding hydrogens is 267 g/mol. The van der Waals surface area contributed by atoms with Crippen molar-refractivity contribution < 1.29 is 14.6 Å². The van der Waals surface area contributed by atoms with Crippen molar-refractivity contribution in [2.45, 2.75) is 6.10 Å². The van der Waals surface area contributed by atoms with Crippen LogP contribution in [0.25, 0.3) is 0 Å². The van der Waals surface area contributed by atoms with Gasteiger partial charge in [-0.25, -0.2) is 0 Å². The van der Waals surface area contributed by atoms with Gasteiger partial charge < -0.3 is 19.7 Å². The molecule has 1 amide bonds. The Bertz CT molecular complexity index is 407. The largest absolute Gasteiger partial charge is 0.389 e. The zero-order chi connectivity index (χ0) is 13.0. The first-order valence-electron chi connectivity index (χ1n) is 4.93. The number of hydrogen-bond donors (Lipinski definition) is 2. The van der Waals surface area contributed by atoms with Crippen molar-refractivity contribution in [3.8, 4) is 0 Å². The molecule has 17 heavy (non-hydrogen) atoms. The summed E-state index contributed by atoms with van der Waals surface area (Å²) in [5.74, 6) is -0.351. The Morgan fingerprint density at radius 3 is 2.76 bits per heavy atom. The number of nitrogens with zero attached hydrogens (tertiary/aromatic N) is 1. The van der Waals surface area contributed by atoms with Crippen LogP contribution in [0.5, 0.6) is 0 Å². The van der Waals surface area contributed by atoms with Crippen LogP contribution in [0.15, 0.2) is 6.07 Å². The number of methoxy groups -OCH3 is 1. The fourth-order valence-corrected chi connectivity index (χ4v) is 1.69. The van der Waals surface area contributed by atoms with Gasteiger partial charge in [-0.3, -0.25) is 4.79 Å². The van der Waals surface area contributed by atoms with E-state index in [1.165, 1.54) is 17.7 Å². The molecule has 7 heteroatoms. The molecule has 0 spiro atoms. The Labute approximate surface area is 109 Å². The normalized spacial score (nSPS) is 12.5. The minimum Gasteiger partial charge on any atom is -0.389 e. The third-order valence-electron chi connectivity index (χ3n) is 2.21. The molecule has 0 saturated heterocycles. The van der Waals surface area contributed by atoms with Crippen LogP contribution in [0.3, 0.4) is 0 Å². The van der Waals surface area contributed by atoms with Gasteiger partial charge in [0.25, 0.3) is 5.91 Å². The molecule has 1 heterocycles. The molecule has 0 aliphatic rings. The van der Waals surface area contributed by atoms with Crippen LogP contribution >= 0.6 is 23.2 Å². The summed E-state index contributed by atoms with van der Waals surface area (Å²) in [5, 5.41) is 12.5. The molecule has 1 unspecified atom stereocenters. The van der Waals surface area contributed by atoms with Gasteiger partial charge in [0.15, 0.2) is 0 Å². The van der Waals surface area contributed by atoms with Gasteiger partial charge in [-0.1, -0.05) is 23.2 Å². The topological polar surface area (TPSA) is 63.5 Å². The predicted molar refractivity (Wildman–Crippen MR) is 65.6 cm³/mol. The summed E-state index contributed by atoms with van der Waals surface area (Å²) < 4.78 is 6.21. The SMILES string of the molecule is COCC(O)CNC(=O)c1cc(Cl)c(Cl)n1C. The highest BCUT2D eigenvalue weighted by Crippen LogP contribution is 2.24. The zero-order valence-electron chi connectivity index (χ0n) is 9.54. The van der Waals surface area contributed by atoms with Crippen LogP contribution in [0.1, 0.15) is 10.5 Å². The Kier molecular flexibility index (Phi) is 5.27. The maximum atomic E-state index is 11.7. The molecule has 0 radical (unpaired) electrons. The van der Waals surface area contributed by atoms with Crippen molar-refractivity contribution in [2.24, 2.45) is 7.05 Å². The molecule has 1 atom stereocenters. The molecule has 0 saturated carbocycles. The van der Waals surface area contributed by atoms with Crippen molar-refractivity contribution in [3.05, 3.63) is 21.9 Å². The van der Waals surface area contributed by atoms with E-state index < -0.39 is 6.10 Å². The Balaban J connectivity index is 2.61. The standard InChI is InChI=1S/C10H14Cl2N2O3/c1-14-8(3-7(11)9(14)12)10(16)13-4-6(15)5-17-2/h3,6,15H,4-5H2,1-2H3,(H,13,16). The summed E-state index contributed by atoms with van der Waals surface area (Å²) in [5.41, 5.74) is 0.338. The van der Waals surface area contributed by atoms with Crippen LogP contribution in [-0.2, 0) is 11.8 Å². The second-order valence-corrected chi connectivity index (χ2v) is 4.31. The van der Waals surface area contributed by atoms with Gasteiger partial charge in [0, 0.05) is 20.7 Å². The van der Waals surface area contributed by atoms with E-state index in [9.17, 15) is 9.90 Å². The molecule has 2 N–H and O–H groups in total. The third-order valence-corrected chi connectivity index (χ3v) is 3.05. The van der Waals surface area contributed by atoms with E-state index in [0.29, 0.717) is 15.9 Å². The number of ether oxygens (including phenoxy) is 1. The number of halogens is 2. The van der Waals surface area contributed by atoms with E-state index >= 15 is 0 Å². The van der Waals surface area contributed by atoms with Gasteiger partial charge in [-0.15, -0.1) is 0 Å². The molecule has 0 fully saturated rings. The number of carbonyl (C=O) groups excluding carboxylic acids is 1. The highest BCUT2D eigenvalue weighted by atomic mass is 35.5. The monoisotopic (exact) mass is 280 g/mol. The lowest BCUT2D eigenvalue weighted by Crippen LogP contribution is -2.35. The number of aliphatic hydroxyl groups is 1. The molecule has 96 valence electrons. The maximum Gasteiger partial charge on any atom is 0.268 e. The zero-order valence-corrected chi connectivity index (χ0v) is 11.0. The second kappa shape index (κ2) is 6.26. The molecule has 5 nitrogen and oxygen atoms in total. The summed E-state index contributed by atoms with van der Waals surface area (Å²) in [6.07, 6.45) is -0.741. The summed E-state index contributed by atoms with van der Waals surface area (Å²) in [6.45, 7) is 0.266. The fraction of sp³-hybridized carbons (Fsp3) is 0.500. The lowest BCUT2D eigenvalue weighted by atomic mass is 10.3. The first-order valence-corrected chi connectivity index (χ1v) is 5.68. The molecule has 0 aliphatic carbocycles. The minimum absolute atomic E-state index is 0.104. The molecule has 1 aromatic heterocycles. The highest BCUT2D eigenvalue weighted by Gasteiger charge is 2.16. The van der Waals surface area contributed by atoms with E-state index in [1.54, 1.807) is 7.05 Å². The number of carbonyl (C=O) groups is 1. The Morgan fingerprint density at radius 2 is 2.29 bits per heavy atom. The summed E-state index contributed by atoms with van der Waals surface area (Å²) in [7, 11) is 3.11. The fourth-order valence-electron chi connectivity index (χ4n) is 1.31. The minimum atomic E-state index is -0.741. The van der Waals surface area contributed by atoms with Crippen molar-refractivity contribution >= 4 is 29.1 Å². The smallest absolute Gasteiger partial charge is 0.268 e. The van der Waals surface area contributed by atoms with Gasteiger partial charge in [0.05, 0.1) is 17.7 Å². The second-order valence-electron chi connectivity index (χ2n) is 3.55. The lowest BCUT2D eigenvalue weighted by molar-refractivity contribution is 0.0608. The van der Waals surface area contributed by atoms with Gasteiger partial charge in [-0.2, -0.15) is 0 Å². The van der Waals surface area contributed by atoms with Crippen LogP contribution < -0.4 is 5.32 Å². The molecular formula is C10H14Cl2N2O3. The predicted octanol–water partition coefficient (Wildman–Crippen LogP) is 1.07. The Hall–Kier alpha value is -0.750. The van der Waals surface area contributed by atoms with Crippen LogP contribution in [0.4, 0.5) is 0 Å². The maximum absolute atomic E-state index is 11.7. The number of amides is 1. The first kappa shape index (κ1) is 14.3. The van der Waals surface area contributed by atoms with Crippen molar-refractivity contribution in [1.29, 1.82) is 0 Å². The van der Waals surface area contributed by atoms with Gasteiger partial charge >= 0.3 is 0 Å². The molecule has 1 aromatic rings. The summed E-state index contributed by atoms with van der Waals surface area (Å²) in [4.78, 5) is 11.7. The Morgan fingerprint density at radius 1 is 1.65 bits per heavy atom. The summed E-state index contributed by atoms with van der Waals surface area (Å²) >= 11 is 11.6. The molecule has 1 rings (SSSR count). The molecule has 0 aromatic carbocycles. The van der Waals surface area contributed by atoms with Crippen molar-refractivity contribution in [2.75, 3.05) is 20.3 Å². The van der Waals surface area contributed by atoms with E-state index in [4.69, 9.17) is 27.9 Å². The molecule has 0 aliphatic heterocycles. The first-order chi connectivity index (χ1) is 7.97. The van der Waals surface area contributed by atoms with Crippen molar-refractivity contribution in [1.82, 2.24) is 9.88 Å². The van der Waals surface area contributed by atoms with E-state index in [0.717, 1.165) is 0 Å². The van der Waals surface area contributed by atoms with E-state index in [1.807, 2.05) is 0 Å². The van der Waals surface area contributed by atoms with Crippen LogP contribution in [0, 0.1) is 0 Å². The third kappa shape index (κ3) is 3.61. The average molecular weight is 281 g/mol.